The average Bonchev–Trinajstić information content (AvgIpc) is 2.30. The number of aromatic nitrogens is 1. The molecule has 1 aromatic carbocycles. The minimum Gasteiger partial charge on any atom is -0.244 e. The maximum absolute atomic E-state index is 12.7. The summed E-state index contributed by atoms with van der Waals surface area (Å²) in [5, 5.41) is 0.00612. The molecule has 17 heavy (non-hydrogen) atoms. The summed E-state index contributed by atoms with van der Waals surface area (Å²) in [6, 6.07) is 8.04. The molecule has 0 aliphatic rings. The van der Waals surface area contributed by atoms with Gasteiger partial charge in [-0.3, -0.25) is 0 Å². The molecule has 1 heterocycles. The quantitative estimate of drug-likeness (QED) is 0.770. The first-order chi connectivity index (χ1) is 8.01. The van der Waals surface area contributed by atoms with E-state index in [1.165, 1.54) is 18.3 Å². The average molecular weight is 251 g/mol. The van der Waals surface area contributed by atoms with Crippen LogP contribution in [0.3, 0.4) is 0 Å². The van der Waals surface area contributed by atoms with Gasteiger partial charge in [0.1, 0.15) is 5.82 Å². The summed E-state index contributed by atoms with van der Waals surface area (Å²) in [5.74, 6) is -0.471. The van der Waals surface area contributed by atoms with E-state index in [4.69, 9.17) is 0 Å². The Morgan fingerprint density at radius 3 is 2.35 bits per heavy atom. The first kappa shape index (κ1) is 11.7. The number of sulfone groups is 1. The van der Waals surface area contributed by atoms with Crippen molar-refractivity contribution in [2.45, 2.75) is 16.8 Å². The van der Waals surface area contributed by atoms with Crippen LogP contribution in [0.5, 0.6) is 0 Å². The van der Waals surface area contributed by atoms with E-state index < -0.39 is 15.7 Å². The number of hydrogen-bond acceptors (Lipinski definition) is 3. The molecule has 0 bridgehead atoms. The van der Waals surface area contributed by atoms with Crippen LogP contribution in [-0.2, 0) is 9.84 Å². The molecular formula is C12H10FNO2S. The molecule has 0 unspecified atom stereocenters. The van der Waals surface area contributed by atoms with E-state index in [0.29, 0.717) is 5.56 Å². The van der Waals surface area contributed by atoms with Gasteiger partial charge < -0.3 is 0 Å². The van der Waals surface area contributed by atoms with Crippen LogP contribution in [0, 0.1) is 12.7 Å². The second-order valence-corrected chi connectivity index (χ2v) is 5.45. The van der Waals surface area contributed by atoms with Gasteiger partial charge in [-0.1, -0.05) is 6.07 Å². The van der Waals surface area contributed by atoms with Crippen LogP contribution in [0.2, 0.25) is 0 Å². The van der Waals surface area contributed by atoms with Crippen molar-refractivity contribution < 1.29 is 12.8 Å². The van der Waals surface area contributed by atoms with E-state index in [0.717, 1.165) is 12.1 Å². The predicted molar refractivity (Wildman–Crippen MR) is 60.8 cm³/mol. The number of pyridine rings is 1. The van der Waals surface area contributed by atoms with Crippen molar-refractivity contribution in [3.8, 4) is 0 Å². The molecule has 0 N–H and O–H groups in total. The Bertz CT molecular complexity index is 636. The molecule has 0 aliphatic heterocycles. The fraction of sp³-hybridized carbons (Fsp3) is 0.0833. The molecular weight excluding hydrogens is 241 g/mol. The number of aryl methyl sites for hydroxylation is 1. The molecule has 0 spiro atoms. The molecule has 3 nitrogen and oxygen atoms in total. The summed E-state index contributed by atoms with van der Waals surface area (Å²) in [6.45, 7) is 1.67. The minimum atomic E-state index is -3.66. The Morgan fingerprint density at radius 2 is 1.76 bits per heavy atom. The zero-order chi connectivity index (χ0) is 12.5. The molecule has 5 heteroatoms. The van der Waals surface area contributed by atoms with Gasteiger partial charge in [0.05, 0.1) is 4.90 Å². The number of benzene rings is 1. The maximum Gasteiger partial charge on any atom is 0.224 e. The SMILES string of the molecule is Cc1cccnc1S(=O)(=O)c1ccc(F)cc1. The third-order valence-electron chi connectivity index (χ3n) is 2.34. The Balaban J connectivity index is 2.58. The highest BCUT2D eigenvalue weighted by Crippen LogP contribution is 2.21. The van der Waals surface area contributed by atoms with E-state index in [2.05, 4.69) is 4.98 Å². The molecule has 0 atom stereocenters. The maximum atomic E-state index is 12.7. The lowest BCUT2D eigenvalue weighted by Crippen LogP contribution is -2.06. The first-order valence-electron chi connectivity index (χ1n) is 4.94. The van der Waals surface area contributed by atoms with Crippen LogP contribution < -0.4 is 0 Å². The normalized spacial score (nSPS) is 11.4. The van der Waals surface area contributed by atoms with Crippen LogP contribution in [0.4, 0.5) is 4.39 Å². The molecule has 88 valence electrons. The van der Waals surface area contributed by atoms with Gasteiger partial charge in [0.25, 0.3) is 0 Å². The van der Waals surface area contributed by atoms with E-state index in [-0.39, 0.29) is 9.92 Å². The summed E-state index contributed by atoms with van der Waals surface area (Å²) in [7, 11) is -3.66. The summed E-state index contributed by atoms with van der Waals surface area (Å²) in [6.07, 6.45) is 1.42. The second kappa shape index (κ2) is 4.25. The molecule has 2 aromatic rings. The van der Waals surface area contributed by atoms with Crippen LogP contribution in [0.15, 0.2) is 52.5 Å². The zero-order valence-electron chi connectivity index (χ0n) is 9.09. The minimum absolute atomic E-state index is 0.00612. The summed E-state index contributed by atoms with van der Waals surface area (Å²) in [5.41, 5.74) is 0.567. The Kier molecular flexibility index (Phi) is 2.93. The monoisotopic (exact) mass is 251 g/mol. The van der Waals surface area contributed by atoms with Crippen molar-refractivity contribution >= 4 is 9.84 Å². The second-order valence-electron chi connectivity index (χ2n) is 3.58. The van der Waals surface area contributed by atoms with Gasteiger partial charge in [-0.2, -0.15) is 0 Å². The molecule has 0 radical (unpaired) electrons. The third kappa shape index (κ3) is 2.19. The Labute approximate surface area is 98.9 Å². The molecule has 1 aromatic heterocycles. The summed E-state index contributed by atoms with van der Waals surface area (Å²) in [4.78, 5) is 3.91. The lowest BCUT2D eigenvalue weighted by Gasteiger charge is -2.05. The fourth-order valence-electron chi connectivity index (χ4n) is 1.48. The Morgan fingerprint density at radius 1 is 1.12 bits per heavy atom. The van der Waals surface area contributed by atoms with E-state index in [1.807, 2.05) is 0 Å². The van der Waals surface area contributed by atoms with Crippen LogP contribution in [0.25, 0.3) is 0 Å². The highest BCUT2D eigenvalue weighted by atomic mass is 32.2. The standard InChI is InChI=1S/C12H10FNO2S/c1-9-3-2-8-14-12(9)17(15,16)11-6-4-10(13)5-7-11/h2-8H,1H3. The number of halogens is 1. The summed E-state index contributed by atoms with van der Waals surface area (Å²) < 4.78 is 37.1. The first-order valence-corrected chi connectivity index (χ1v) is 6.42. The molecule has 0 saturated carbocycles. The highest BCUT2D eigenvalue weighted by molar-refractivity contribution is 7.91. The topological polar surface area (TPSA) is 47.0 Å². The van der Waals surface area contributed by atoms with Crippen molar-refractivity contribution in [2.75, 3.05) is 0 Å². The third-order valence-corrected chi connectivity index (χ3v) is 4.17. The van der Waals surface area contributed by atoms with Gasteiger partial charge in [0.2, 0.25) is 9.84 Å². The molecule has 0 fully saturated rings. The zero-order valence-corrected chi connectivity index (χ0v) is 9.91. The van der Waals surface area contributed by atoms with Gasteiger partial charge in [-0.25, -0.2) is 17.8 Å². The van der Waals surface area contributed by atoms with Crippen LogP contribution >= 0.6 is 0 Å². The lowest BCUT2D eigenvalue weighted by atomic mass is 10.3. The van der Waals surface area contributed by atoms with E-state index in [9.17, 15) is 12.8 Å². The number of rotatable bonds is 2. The van der Waals surface area contributed by atoms with Crippen molar-refractivity contribution in [3.05, 3.63) is 54.0 Å². The number of nitrogens with zero attached hydrogens (tertiary/aromatic N) is 1. The smallest absolute Gasteiger partial charge is 0.224 e. The fourth-order valence-corrected chi connectivity index (χ4v) is 2.89. The molecule has 2 rings (SSSR count). The lowest BCUT2D eigenvalue weighted by molar-refractivity contribution is 0.590. The molecule has 0 amide bonds. The highest BCUT2D eigenvalue weighted by Gasteiger charge is 2.20. The molecule has 0 aliphatic carbocycles. The molecule has 0 saturated heterocycles. The van der Waals surface area contributed by atoms with Crippen molar-refractivity contribution in [2.24, 2.45) is 0 Å². The number of hydrogen-bond donors (Lipinski definition) is 0. The van der Waals surface area contributed by atoms with Gasteiger partial charge in [-0.15, -0.1) is 0 Å². The van der Waals surface area contributed by atoms with Crippen molar-refractivity contribution in [1.82, 2.24) is 4.98 Å². The predicted octanol–water partition coefficient (Wildman–Crippen LogP) is 2.36. The Hall–Kier alpha value is -1.75. The summed E-state index contributed by atoms with van der Waals surface area (Å²) >= 11 is 0. The van der Waals surface area contributed by atoms with Crippen LogP contribution in [-0.4, -0.2) is 13.4 Å². The van der Waals surface area contributed by atoms with E-state index >= 15 is 0 Å². The van der Waals surface area contributed by atoms with E-state index in [1.54, 1.807) is 19.1 Å². The largest absolute Gasteiger partial charge is 0.244 e. The van der Waals surface area contributed by atoms with Gasteiger partial charge in [-0.05, 0) is 42.8 Å². The van der Waals surface area contributed by atoms with Gasteiger partial charge in [0, 0.05) is 6.20 Å². The van der Waals surface area contributed by atoms with Gasteiger partial charge >= 0.3 is 0 Å². The van der Waals surface area contributed by atoms with Crippen molar-refractivity contribution in [3.63, 3.8) is 0 Å². The van der Waals surface area contributed by atoms with Gasteiger partial charge in [0.15, 0.2) is 5.03 Å². The van der Waals surface area contributed by atoms with Crippen molar-refractivity contribution in [1.29, 1.82) is 0 Å². The van der Waals surface area contributed by atoms with Crippen LogP contribution in [0.1, 0.15) is 5.56 Å².